The predicted octanol–water partition coefficient (Wildman–Crippen LogP) is 3.61. The molecule has 1 N–H and O–H groups in total. The fraction of sp³-hybridized carbons (Fsp3) is 0.118. The molecule has 0 unspecified atom stereocenters. The van der Waals surface area contributed by atoms with Gasteiger partial charge in [-0.1, -0.05) is 17.2 Å². The van der Waals surface area contributed by atoms with Gasteiger partial charge in [-0.2, -0.15) is 0 Å². The molecular weight excluding hydrogens is 437 g/mol. The molecule has 3 rings (SSSR count). The first-order chi connectivity index (χ1) is 12.1. The third-order valence-corrected chi connectivity index (χ3v) is 4.34. The van der Waals surface area contributed by atoms with E-state index < -0.39 is 0 Å². The highest BCUT2D eigenvalue weighted by molar-refractivity contribution is 14.1. The summed E-state index contributed by atoms with van der Waals surface area (Å²) in [5.41, 5.74) is 1.13. The van der Waals surface area contributed by atoms with Crippen LogP contribution in [0, 0.1) is 3.57 Å². The fourth-order valence-electron chi connectivity index (χ4n) is 2.17. The van der Waals surface area contributed by atoms with Crippen molar-refractivity contribution in [2.24, 2.45) is 0 Å². The standard InChI is InChI=1S/C17H14IN3O4/c1-23-10-7-8-12(14(9-10)24-2)16-20-21-17(25-16)19-15(22)11-5-3-4-6-13(11)18/h3-9H,1-2H3,(H,19,21,22). The highest BCUT2D eigenvalue weighted by atomic mass is 127. The van der Waals surface area contributed by atoms with Crippen molar-refractivity contribution in [1.29, 1.82) is 0 Å². The summed E-state index contributed by atoms with van der Waals surface area (Å²) in [7, 11) is 3.11. The third-order valence-electron chi connectivity index (χ3n) is 3.40. The Balaban J connectivity index is 1.84. The number of ether oxygens (including phenoxy) is 2. The van der Waals surface area contributed by atoms with Crippen LogP contribution in [0.4, 0.5) is 6.01 Å². The topological polar surface area (TPSA) is 86.5 Å². The second-order valence-electron chi connectivity index (χ2n) is 4.91. The Morgan fingerprint density at radius 1 is 1.12 bits per heavy atom. The Bertz CT molecular complexity index is 910. The van der Waals surface area contributed by atoms with Crippen molar-refractivity contribution < 1.29 is 18.7 Å². The molecule has 128 valence electrons. The third kappa shape index (κ3) is 3.73. The smallest absolute Gasteiger partial charge is 0.322 e. The number of methoxy groups -OCH3 is 2. The highest BCUT2D eigenvalue weighted by Gasteiger charge is 2.17. The largest absolute Gasteiger partial charge is 0.497 e. The second-order valence-corrected chi connectivity index (χ2v) is 6.07. The van der Waals surface area contributed by atoms with Gasteiger partial charge in [-0.25, -0.2) is 0 Å². The van der Waals surface area contributed by atoms with Crippen LogP contribution in [0.1, 0.15) is 10.4 Å². The molecule has 0 saturated heterocycles. The van der Waals surface area contributed by atoms with Crippen molar-refractivity contribution in [3.05, 3.63) is 51.6 Å². The van der Waals surface area contributed by atoms with Crippen molar-refractivity contribution in [2.75, 3.05) is 19.5 Å². The van der Waals surface area contributed by atoms with Crippen LogP contribution in [0.15, 0.2) is 46.9 Å². The van der Waals surface area contributed by atoms with Crippen LogP contribution in [-0.2, 0) is 0 Å². The average molecular weight is 451 g/mol. The van der Waals surface area contributed by atoms with Gasteiger partial charge >= 0.3 is 6.01 Å². The maximum Gasteiger partial charge on any atom is 0.322 e. The Morgan fingerprint density at radius 2 is 1.92 bits per heavy atom. The molecule has 1 aromatic heterocycles. The monoisotopic (exact) mass is 451 g/mol. The number of benzene rings is 2. The summed E-state index contributed by atoms with van der Waals surface area (Å²) >= 11 is 2.09. The lowest BCUT2D eigenvalue weighted by Crippen LogP contribution is -2.13. The van der Waals surface area contributed by atoms with Crippen LogP contribution in [0.3, 0.4) is 0 Å². The van der Waals surface area contributed by atoms with E-state index in [9.17, 15) is 4.79 Å². The predicted molar refractivity (Wildman–Crippen MR) is 100.0 cm³/mol. The van der Waals surface area contributed by atoms with Crippen LogP contribution in [-0.4, -0.2) is 30.3 Å². The molecule has 0 atom stereocenters. The summed E-state index contributed by atoms with van der Waals surface area (Å²) in [6.45, 7) is 0. The number of carbonyl (C=O) groups excluding carboxylic acids is 1. The lowest BCUT2D eigenvalue weighted by atomic mass is 10.2. The van der Waals surface area contributed by atoms with E-state index in [4.69, 9.17) is 13.9 Å². The van der Waals surface area contributed by atoms with E-state index in [1.807, 2.05) is 12.1 Å². The van der Waals surface area contributed by atoms with E-state index in [1.54, 1.807) is 37.4 Å². The van der Waals surface area contributed by atoms with Gasteiger partial charge in [-0.15, -0.1) is 5.10 Å². The number of hydrogen-bond donors (Lipinski definition) is 1. The second kappa shape index (κ2) is 7.51. The van der Waals surface area contributed by atoms with Gasteiger partial charge in [-0.3, -0.25) is 10.1 Å². The summed E-state index contributed by atoms with van der Waals surface area (Å²) < 4.78 is 16.9. The number of nitrogens with zero attached hydrogens (tertiary/aromatic N) is 2. The highest BCUT2D eigenvalue weighted by Crippen LogP contribution is 2.33. The summed E-state index contributed by atoms with van der Waals surface area (Å²) in [5.74, 6) is 1.09. The molecule has 0 fully saturated rings. The number of carbonyl (C=O) groups is 1. The number of hydrogen-bond acceptors (Lipinski definition) is 6. The Kier molecular flexibility index (Phi) is 5.17. The number of aromatic nitrogens is 2. The summed E-state index contributed by atoms with van der Waals surface area (Å²) in [6.07, 6.45) is 0. The van der Waals surface area contributed by atoms with Crippen LogP contribution >= 0.6 is 22.6 Å². The molecule has 8 heteroatoms. The van der Waals surface area contributed by atoms with Crippen molar-refractivity contribution in [3.63, 3.8) is 0 Å². The molecular formula is C17H14IN3O4. The van der Waals surface area contributed by atoms with Gasteiger partial charge in [0, 0.05) is 9.64 Å². The van der Waals surface area contributed by atoms with Gasteiger partial charge in [-0.05, 0) is 46.9 Å². The zero-order valence-corrected chi connectivity index (χ0v) is 15.6. The Hall–Kier alpha value is -2.62. The molecule has 0 aliphatic rings. The minimum atomic E-state index is -0.318. The van der Waals surface area contributed by atoms with Crippen molar-refractivity contribution in [2.45, 2.75) is 0 Å². The molecule has 1 amide bonds. The number of amides is 1. The van der Waals surface area contributed by atoms with E-state index >= 15 is 0 Å². The van der Waals surface area contributed by atoms with Gasteiger partial charge in [0.2, 0.25) is 0 Å². The van der Waals surface area contributed by atoms with E-state index in [0.717, 1.165) is 3.57 Å². The fourth-order valence-corrected chi connectivity index (χ4v) is 2.80. The van der Waals surface area contributed by atoms with Gasteiger partial charge < -0.3 is 13.9 Å². The van der Waals surface area contributed by atoms with E-state index in [2.05, 4.69) is 38.1 Å². The summed E-state index contributed by atoms with van der Waals surface area (Å²) in [6, 6.07) is 12.4. The van der Waals surface area contributed by atoms with Gasteiger partial charge in [0.1, 0.15) is 11.5 Å². The average Bonchev–Trinajstić information content (AvgIpc) is 3.09. The van der Waals surface area contributed by atoms with Gasteiger partial charge in [0.25, 0.3) is 11.8 Å². The maximum absolute atomic E-state index is 12.3. The lowest BCUT2D eigenvalue weighted by molar-refractivity contribution is 0.102. The number of nitrogens with one attached hydrogen (secondary N) is 1. The van der Waals surface area contributed by atoms with Crippen LogP contribution in [0.25, 0.3) is 11.5 Å². The van der Waals surface area contributed by atoms with E-state index in [0.29, 0.717) is 22.6 Å². The molecule has 1 heterocycles. The molecule has 0 aliphatic heterocycles. The van der Waals surface area contributed by atoms with Crippen LogP contribution < -0.4 is 14.8 Å². The summed E-state index contributed by atoms with van der Waals surface area (Å²) in [4.78, 5) is 12.3. The van der Waals surface area contributed by atoms with E-state index in [1.165, 1.54) is 7.11 Å². The SMILES string of the molecule is COc1ccc(-c2nnc(NC(=O)c3ccccc3I)o2)c(OC)c1. The molecule has 7 nitrogen and oxygen atoms in total. The first-order valence-corrected chi connectivity index (χ1v) is 8.32. The molecule has 0 saturated carbocycles. The van der Waals surface area contributed by atoms with E-state index in [-0.39, 0.29) is 17.8 Å². The normalized spacial score (nSPS) is 10.4. The summed E-state index contributed by atoms with van der Waals surface area (Å²) in [5, 5.41) is 10.4. The molecule has 2 aromatic carbocycles. The number of rotatable bonds is 5. The van der Waals surface area contributed by atoms with Crippen LogP contribution in [0.5, 0.6) is 11.5 Å². The molecule has 0 bridgehead atoms. The van der Waals surface area contributed by atoms with Crippen LogP contribution in [0.2, 0.25) is 0 Å². The minimum Gasteiger partial charge on any atom is -0.497 e. The van der Waals surface area contributed by atoms with Crippen molar-refractivity contribution in [3.8, 4) is 23.0 Å². The minimum absolute atomic E-state index is 0.0116. The lowest BCUT2D eigenvalue weighted by Gasteiger charge is -2.07. The van der Waals surface area contributed by atoms with Gasteiger partial charge in [0.15, 0.2) is 0 Å². The zero-order chi connectivity index (χ0) is 17.8. The first-order valence-electron chi connectivity index (χ1n) is 7.24. The Morgan fingerprint density at radius 3 is 2.64 bits per heavy atom. The molecule has 0 spiro atoms. The first kappa shape index (κ1) is 17.2. The maximum atomic E-state index is 12.3. The molecule has 3 aromatic rings. The molecule has 0 radical (unpaired) electrons. The van der Waals surface area contributed by atoms with Crippen molar-refractivity contribution in [1.82, 2.24) is 10.2 Å². The molecule has 25 heavy (non-hydrogen) atoms. The Labute approximate surface area is 157 Å². The van der Waals surface area contributed by atoms with Crippen molar-refractivity contribution >= 4 is 34.5 Å². The number of anilines is 1. The number of halogens is 1. The quantitative estimate of drug-likeness (QED) is 0.597. The zero-order valence-electron chi connectivity index (χ0n) is 13.4. The van der Waals surface area contributed by atoms with Gasteiger partial charge in [0.05, 0.1) is 25.3 Å². The molecule has 0 aliphatic carbocycles.